The second-order valence-electron chi connectivity index (χ2n) is 11.8. The number of hydrogen-bond donors (Lipinski definition) is 0. The number of rotatable bonds is 2. The van der Waals surface area contributed by atoms with Crippen molar-refractivity contribution >= 4 is 39.0 Å². The Morgan fingerprint density at radius 2 is 1.11 bits per heavy atom. The topological polar surface area (TPSA) is 34.0 Å². The zero-order chi connectivity index (χ0) is 29.5. The van der Waals surface area contributed by atoms with Crippen molar-refractivity contribution in [1.29, 1.82) is 0 Å². The van der Waals surface area contributed by atoms with Gasteiger partial charge in [0.2, 0.25) is 0 Å². The summed E-state index contributed by atoms with van der Waals surface area (Å²) >= 11 is 0. The third-order valence-corrected chi connectivity index (χ3v) is 9.72. The Bertz CT molecular complexity index is 2360. The van der Waals surface area contributed by atoms with Crippen molar-refractivity contribution in [2.24, 2.45) is 0 Å². The van der Waals surface area contributed by atoms with Gasteiger partial charge >= 0.3 is 0 Å². The van der Waals surface area contributed by atoms with Crippen LogP contribution >= 0.6 is 0 Å². The molecule has 4 heterocycles. The first kappa shape index (κ1) is 24.4. The fourth-order valence-corrected chi connectivity index (χ4v) is 8.07. The summed E-state index contributed by atoms with van der Waals surface area (Å²) in [4.78, 5) is 11.7. The molecule has 0 N–H and O–H groups in total. The Labute approximate surface area is 260 Å². The summed E-state index contributed by atoms with van der Waals surface area (Å²) in [6.07, 6.45) is 5.60. The molecule has 0 atom stereocenters. The van der Waals surface area contributed by atoms with E-state index in [-0.39, 0.29) is 0 Å². The number of hydrogen-bond acceptors (Lipinski definition) is 3. The smallest absolute Gasteiger partial charge is 0.0964 e. The van der Waals surface area contributed by atoms with Crippen molar-refractivity contribution in [3.05, 3.63) is 180 Å². The van der Waals surface area contributed by atoms with E-state index >= 15 is 0 Å². The average molecular weight is 575 g/mol. The predicted molar refractivity (Wildman–Crippen MR) is 182 cm³/mol. The maximum atomic E-state index is 4.88. The molecule has 0 bridgehead atoms. The van der Waals surface area contributed by atoms with Crippen LogP contribution in [0.25, 0.3) is 38.8 Å². The Kier molecular flexibility index (Phi) is 4.89. The van der Waals surface area contributed by atoms with Gasteiger partial charge in [0.1, 0.15) is 0 Å². The normalized spacial score (nSPS) is 13.9. The van der Waals surface area contributed by atoms with Gasteiger partial charge in [-0.15, -0.1) is 0 Å². The first-order valence-corrected chi connectivity index (χ1v) is 15.3. The highest BCUT2D eigenvalue weighted by Crippen LogP contribution is 2.63. The van der Waals surface area contributed by atoms with Crippen LogP contribution in [-0.4, -0.2) is 14.5 Å². The summed E-state index contributed by atoms with van der Waals surface area (Å²) in [6, 6.07) is 50.8. The molecule has 4 heteroatoms. The Hall–Kier alpha value is -6.00. The lowest BCUT2D eigenvalue weighted by Crippen LogP contribution is -2.36. The van der Waals surface area contributed by atoms with E-state index in [4.69, 9.17) is 4.98 Å². The molecule has 0 radical (unpaired) electrons. The van der Waals surface area contributed by atoms with E-state index in [1.165, 1.54) is 44.8 Å². The Morgan fingerprint density at radius 3 is 1.78 bits per heavy atom. The van der Waals surface area contributed by atoms with Gasteiger partial charge < -0.3 is 9.47 Å². The van der Waals surface area contributed by atoms with E-state index in [2.05, 4.69) is 142 Å². The van der Waals surface area contributed by atoms with Gasteiger partial charge in [0.05, 0.1) is 45.2 Å². The summed E-state index contributed by atoms with van der Waals surface area (Å²) in [7, 11) is 0. The summed E-state index contributed by atoms with van der Waals surface area (Å²) in [5, 5.41) is 1.11. The van der Waals surface area contributed by atoms with Crippen molar-refractivity contribution in [1.82, 2.24) is 14.5 Å². The molecule has 1 aliphatic carbocycles. The Morgan fingerprint density at radius 1 is 0.489 bits per heavy atom. The molecule has 3 aromatic heterocycles. The predicted octanol–water partition coefficient (Wildman–Crippen LogP) is 9.72. The van der Waals surface area contributed by atoms with Crippen LogP contribution in [0.4, 0.5) is 17.1 Å². The number of fused-ring (bicyclic) bond motifs is 12. The van der Waals surface area contributed by atoms with Crippen molar-refractivity contribution < 1.29 is 0 Å². The maximum Gasteiger partial charge on any atom is 0.0964 e. The van der Waals surface area contributed by atoms with Gasteiger partial charge in [-0.1, -0.05) is 84.9 Å². The third kappa shape index (κ3) is 3.10. The summed E-state index contributed by atoms with van der Waals surface area (Å²) < 4.78 is 2.26. The minimum Gasteiger partial charge on any atom is -0.310 e. The third-order valence-electron chi connectivity index (χ3n) is 9.72. The molecule has 0 saturated heterocycles. The second-order valence-corrected chi connectivity index (χ2v) is 11.8. The van der Waals surface area contributed by atoms with Crippen LogP contribution in [0.3, 0.4) is 0 Å². The molecule has 45 heavy (non-hydrogen) atoms. The van der Waals surface area contributed by atoms with E-state index in [9.17, 15) is 0 Å². The number of benzene rings is 5. The van der Waals surface area contributed by atoms with Crippen LogP contribution in [0.1, 0.15) is 22.3 Å². The van der Waals surface area contributed by atoms with E-state index in [1.54, 1.807) is 0 Å². The largest absolute Gasteiger partial charge is 0.310 e. The highest BCUT2D eigenvalue weighted by atomic mass is 15.2. The maximum absolute atomic E-state index is 4.88. The van der Waals surface area contributed by atoms with Crippen LogP contribution in [0.15, 0.2) is 158 Å². The zero-order valence-electron chi connectivity index (χ0n) is 24.3. The molecular formula is C41H26N4. The van der Waals surface area contributed by atoms with Crippen molar-refractivity contribution in [3.8, 4) is 16.8 Å². The van der Waals surface area contributed by atoms with Crippen LogP contribution in [0.2, 0.25) is 0 Å². The van der Waals surface area contributed by atoms with Crippen molar-refractivity contribution in [2.75, 3.05) is 4.90 Å². The summed E-state index contributed by atoms with van der Waals surface area (Å²) in [5.41, 5.74) is 15.1. The van der Waals surface area contributed by atoms with Gasteiger partial charge in [0, 0.05) is 23.5 Å². The standard InChI is InChI=1S/C41H26N4/c1-3-14-32-29(12-1)30-13-2-4-15-33(30)41(32)34-16-5-7-18-37(34)44(38-19-8-6-17-35(38)41)27-21-22-36-31(25-27)40-39(20-10-24-43-40)45(36)28-11-9-23-42-26-28/h1-26H. The quantitative estimate of drug-likeness (QED) is 0.206. The van der Waals surface area contributed by atoms with Crippen molar-refractivity contribution in [2.45, 2.75) is 5.41 Å². The minimum absolute atomic E-state index is 0.418. The first-order chi connectivity index (χ1) is 22.4. The molecule has 5 aromatic carbocycles. The van der Waals surface area contributed by atoms with Gasteiger partial charge in [-0.2, -0.15) is 0 Å². The van der Waals surface area contributed by atoms with Crippen LogP contribution < -0.4 is 4.90 Å². The first-order valence-electron chi connectivity index (χ1n) is 15.3. The molecule has 10 rings (SSSR count). The monoisotopic (exact) mass is 574 g/mol. The molecule has 0 unspecified atom stereocenters. The van der Waals surface area contributed by atoms with Gasteiger partial charge in [-0.05, 0) is 88.0 Å². The molecule has 4 nitrogen and oxygen atoms in total. The lowest BCUT2D eigenvalue weighted by Gasteiger charge is -2.45. The fraction of sp³-hybridized carbons (Fsp3) is 0.0244. The van der Waals surface area contributed by atoms with Crippen LogP contribution in [-0.2, 0) is 5.41 Å². The highest BCUT2D eigenvalue weighted by molar-refractivity contribution is 6.09. The van der Waals surface area contributed by atoms with E-state index in [1.807, 2.05) is 30.7 Å². The van der Waals surface area contributed by atoms with E-state index < -0.39 is 5.41 Å². The van der Waals surface area contributed by atoms with Gasteiger partial charge in [-0.3, -0.25) is 9.97 Å². The SMILES string of the molecule is c1cncc(-n2c3ccc(N4c5ccccc5C5(c6ccccc6-c6ccccc65)c5ccccc54)cc3c3ncccc32)c1. The second kappa shape index (κ2) is 9.01. The number of aromatic nitrogens is 3. The molecule has 210 valence electrons. The van der Waals surface area contributed by atoms with Crippen molar-refractivity contribution in [3.63, 3.8) is 0 Å². The molecule has 1 spiro atoms. The van der Waals surface area contributed by atoms with E-state index in [0.29, 0.717) is 0 Å². The van der Waals surface area contributed by atoms with Gasteiger partial charge in [0.15, 0.2) is 0 Å². The summed E-state index contributed by atoms with van der Waals surface area (Å²) in [5.74, 6) is 0. The molecule has 0 saturated carbocycles. The average Bonchev–Trinajstić information content (AvgIpc) is 3.60. The fourth-order valence-electron chi connectivity index (χ4n) is 8.07. The van der Waals surface area contributed by atoms with Gasteiger partial charge in [-0.25, -0.2) is 0 Å². The zero-order valence-corrected chi connectivity index (χ0v) is 24.3. The molecule has 8 aromatic rings. The molecule has 2 aliphatic rings. The summed E-state index contributed by atoms with van der Waals surface area (Å²) in [6.45, 7) is 0. The number of para-hydroxylation sites is 2. The minimum atomic E-state index is -0.418. The van der Waals surface area contributed by atoms with E-state index in [0.717, 1.165) is 33.3 Å². The molecular weight excluding hydrogens is 548 g/mol. The highest BCUT2D eigenvalue weighted by Gasteiger charge is 2.51. The Balaban J connectivity index is 1.27. The van der Waals surface area contributed by atoms with Crippen LogP contribution in [0.5, 0.6) is 0 Å². The molecule has 0 fully saturated rings. The number of anilines is 3. The van der Waals surface area contributed by atoms with Crippen LogP contribution in [0, 0.1) is 0 Å². The lowest BCUT2D eigenvalue weighted by atomic mass is 9.64. The number of pyridine rings is 2. The number of nitrogens with zero attached hydrogens (tertiary/aromatic N) is 4. The molecule has 0 amide bonds. The molecule has 1 aliphatic heterocycles. The van der Waals surface area contributed by atoms with Gasteiger partial charge in [0.25, 0.3) is 0 Å². The lowest BCUT2D eigenvalue weighted by molar-refractivity contribution is 0.752.